The number of benzene rings is 2. The molecular weight excluding hydrogens is 370 g/mol. The van der Waals surface area contributed by atoms with E-state index in [0.717, 1.165) is 30.5 Å². The van der Waals surface area contributed by atoms with Crippen LogP contribution in [-0.2, 0) is 4.79 Å². The van der Waals surface area contributed by atoms with Gasteiger partial charge in [-0.2, -0.15) is 0 Å². The van der Waals surface area contributed by atoms with Crippen LogP contribution in [0.3, 0.4) is 0 Å². The first-order chi connectivity index (χ1) is 13.4. The Balaban J connectivity index is 1.65. The molecule has 2 aromatic carbocycles. The van der Waals surface area contributed by atoms with Crippen molar-refractivity contribution in [1.82, 2.24) is 0 Å². The lowest BCUT2D eigenvalue weighted by Crippen LogP contribution is -2.29. The maximum absolute atomic E-state index is 12.3. The van der Waals surface area contributed by atoms with E-state index in [-0.39, 0.29) is 11.2 Å². The molecule has 2 aromatic rings. The van der Waals surface area contributed by atoms with E-state index in [2.05, 4.69) is 26.1 Å². The molecule has 1 aliphatic rings. The Bertz CT molecular complexity index is 855. The van der Waals surface area contributed by atoms with Gasteiger partial charge in [0.25, 0.3) is 0 Å². The van der Waals surface area contributed by atoms with E-state index in [1.165, 1.54) is 0 Å². The standard InChI is InChI=1S/C24H28ClNO2/c1-4-24(2,3)18-9-14-22(27)17(15-18)16-26-19-10-12-20(13-11-19)28-23-8-6-5-7-21(23)25/h5-8,10-13,16,18,26H,4,9,14-15H2,1-3H3/b17-16+/t18-/m0/s1. The zero-order chi connectivity index (χ0) is 20.1. The van der Waals surface area contributed by atoms with Crippen LogP contribution < -0.4 is 10.1 Å². The van der Waals surface area contributed by atoms with Crippen molar-refractivity contribution in [3.8, 4) is 11.5 Å². The molecule has 1 atom stereocenters. The molecule has 0 radical (unpaired) electrons. The molecule has 0 saturated heterocycles. The molecule has 0 aliphatic heterocycles. The van der Waals surface area contributed by atoms with Crippen LogP contribution in [0.1, 0.15) is 46.5 Å². The van der Waals surface area contributed by atoms with Crippen LogP contribution in [0.4, 0.5) is 5.69 Å². The second-order valence-electron chi connectivity index (χ2n) is 8.08. The number of Topliss-reactive ketones (excluding diaryl/α,β-unsaturated/α-hetero) is 1. The Morgan fingerprint density at radius 1 is 1.18 bits per heavy atom. The average Bonchev–Trinajstić information content (AvgIpc) is 2.70. The normalized spacial score (nSPS) is 18.9. The van der Waals surface area contributed by atoms with E-state index in [4.69, 9.17) is 16.3 Å². The summed E-state index contributed by atoms with van der Waals surface area (Å²) in [5.41, 5.74) is 2.08. The van der Waals surface area contributed by atoms with Gasteiger partial charge in [-0.1, -0.05) is 50.9 Å². The van der Waals surface area contributed by atoms with Gasteiger partial charge in [-0.25, -0.2) is 0 Å². The number of anilines is 1. The highest BCUT2D eigenvalue weighted by atomic mass is 35.5. The van der Waals surface area contributed by atoms with Gasteiger partial charge in [0, 0.05) is 23.9 Å². The predicted octanol–water partition coefficient (Wildman–Crippen LogP) is 7.23. The van der Waals surface area contributed by atoms with Crippen molar-refractivity contribution < 1.29 is 9.53 Å². The first-order valence-corrected chi connectivity index (χ1v) is 10.3. The molecule has 0 unspecified atom stereocenters. The number of hydrogen-bond acceptors (Lipinski definition) is 3. The Morgan fingerprint density at radius 3 is 2.57 bits per heavy atom. The number of nitrogens with one attached hydrogen (secondary N) is 1. The third-order valence-electron chi connectivity index (χ3n) is 5.89. The van der Waals surface area contributed by atoms with Crippen LogP contribution in [0, 0.1) is 11.3 Å². The van der Waals surface area contributed by atoms with Crippen LogP contribution in [0.25, 0.3) is 0 Å². The molecule has 28 heavy (non-hydrogen) atoms. The molecule has 1 saturated carbocycles. The van der Waals surface area contributed by atoms with E-state index in [0.29, 0.717) is 28.9 Å². The summed E-state index contributed by atoms with van der Waals surface area (Å²) in [7, 11) is 0. The molecule has 148 valence electrons. The highest BCUT2D eigenvalue weighted by Gasteiger charge is 2.33. The summed E-state index contributed by atoms with van der Waals surface area (Å²) in [6, 6.07) is 15.0. The van der Waals surface area contributed by atoms with E-state index in [1.54, 1.807) is 6.07 Å². The van der Waals surface area contributed by atoms with Gasteiger partial charge in [-0.05, 0) is 60.6 Å². The molecule has 1 fully saturated rings. The van der Waals surface area contributed by atoms with Gasteiger partial charge in [0.1, 0.15) is 11.5 Å². The van der Waals surface area contributed by atoms with Crippen LogP contribution in [0.5, 0.6) is 11.5 Å². The molecule has 0 heterocycles. The summed E-state index contributed by atoms with van der Waals surface area (Å²) in [6.45, 7) is 6.83. The van der Waals surface area contributed by atoms with Crippen molar-refractivity contribution in [2.75, 3.05) is 5.32 Å². The third kappa shape index (κ3) is 4.96. The molecule has 0 amide bonds. The van der Waals surface area contributed by atoms with Gasteiger partial charge in [0.05, 0.1) is 5.02 Å². The number of ketones is 1. The first-order valence-electron chi connectivity index (χ1n) is 9.90. The van der Waals surface area contributed by atoms with Crippen molar-refractivity contribution in [3.05, 3.63) is 65.3 Å². The third-order valence-corrected chi connectivity index (χ3v) is 6.20. The molecule has 3 nitrogen and oxygen atoms in total. The van der Waals surface area contributed by atoms with Crippen molar-refractivity contribution in [3.63, 3.8) is 0 Å². The molecular formula is C24H28ClNO2. The summed E-state index contributed by atoms with van der Waals surface area (Å²) in [4.78, 5) is 12.3. The largest absolute Gasteiger partial charge is 0.456 e. The van der Waals surface area contributed by atoms with Gasteiger partial charge in [-0.15, -0.1) is 0 Å². The lowest BCUT2D eigenvalue weighted by Gasteiger charge is -2.36. The zero-order valence-corrected chi connectivity index (χ0v) is 17.6. The number of ether oxygens (including phenoxy) is 1. The summed E-state index contributed by atoms with van der Waals surface area (Å²) >= 11 is 6.13. The molecule has 4 heteroatoms. The van der Waals surface area contributed by atoms with Gasteiger partial charge in [0.15, 0.2) is 5.78 Å². The van der Waals surface area contributed by atoms with Crippen LogP contribution in [0.15, 0.2) is 60.3 Å². The van der Waals surface area contributed by atoms with E-state index >= 15 is 0 Å². The second kappa shape index (κ2) is 8.83. The minimum atomic E-state index is 0.259. The van der Waals surface area contributed by atoms with E-state index < -0.39 is 0 Å². The summed E-state index contributed by atoms with van der Waals surface area (Å²) in [5, 5.41) is 3.85. The molecule has 3 rings (SSSR count). The minimum absolute atomic E-state index is 0.259. The quantitative estimate of drug-likeness (QED) is 0.522. The monoisotopic (exact) mass is 397 g/mol. The molecule has 0 spiro atoms. The SMILES string of the molecule is CCC(C)(C)[C@H]1CCC(=O)/C(=C/Nc2ccc(Oc3ccccc3Cl)cc2)C1. The topological polar surface area (TPSA) is 38.3 Å². The number of hydrogen-bond donors (Lipinski definition) is 1. The van der Waals surface area contributed by atoms with Crippen LogP contribution in [-0.4, -0.2) is 5.78 Å². The highest BCUT2D eigenvalue weighted by molar-refractivity contribution is 6.32. The number of para-hydroxylation sites is 1. The predicted molar refractivity (Wildman–Crippen MR) is 116 cm³/mol. The van der Waals surface area contributed by atoms with Crippen molar-refractivity contribution in [2.45, 2.75) is 46.5 Å². The Labute approximate surface area is 172 Å². The smallest absolute Gasteiger partial charge is 0.160 e. The number of rotatable bonds is 6. The number of carbonyl (C=O) groups excluding carboxylic acids is 1. The summed E-state index contributed by atoms with van der Waals surface area (Å²) in [6.07, 6.45) is 5.49. The van der Waals surface area contributed by atoms with Gasteiger partial charge in [0.2, 0.25) is 0 Å². The fourth-order valence-electron chi connectivity index (χ4n) is 3.49. The van der Waals surface area contributed by atoms with Gasteiger partial charge >= 0.3 is 0 Å². The van der Waals surface area contributed by atoms with Crippen molar-refractivity contribution in [2.24, 2.45) is 11.3 Å². The Hall–Kier alpha value is -2.26. The van der Waals surface area contributed by atoms with Crippen LogP contribution >= 0.6 is 11.6 Å². The fourth-order valence-corrected chi connectivity index (χ4v) is 3.66. The van der Waals surface area contributed by atoms with Crippen LogP contribution in [0.2, 0.25) is 5.02 Å². The van der Waals surface area contributed by atoms with Gasteiger partial charge < -0.3 is 10.1 Å². The molecule has 1 aliphatic carbocycles. The van der Waals surface area contributed by atoms with Crippen molar-refractivity contribution >= 4 is 23.1 Å². The molecule has 0 bridgehead atoms. The second-order valence-corrected chi connectivity index (χ2v) is 8.48. The summed E-state index contributed by atoms with van der Waals surface area (Å²) in [5.74, 6) is 2.15. The lowest BCUT2D eigenvalue weighted by atomic mass is 9.68. The highest BCUT2D eigenvalue weighted by Crippen LogP contribution is 2.41. The maximum atomic E-state index is 12.3. The fraction of sp³-hybridized carbons (Fsp3) is 0.375. The summed E-state index contributed by atoms with van der Waals surface area (Å²) < 4.78 is 5.81. The minimum Gasteiger partial charge on any atom is -0.456 e. The number of halogens is 1. The molecule has 0 aromatic heterocycles. The maximum Gasteiger partial charge on any atom is 0.160 e. The van der Waals surface area contributed by atoms with E-state index in [9.17, 15) is 4.79 Å². The lowest BCUT2D eigenvalue weighted by molar-refractivity contribution is -0.117. The Kier molecular flexibility index (Phi) is 6.46. The number of allylic oxidation sites excluding steroid dienone is 1. The number of carbonyl (C=O) groups is 1. The molecule has 1 N–H and O–H groups in total. The van der Waals surface area contributed by atoms with E-state index in [1.807, 2.05) is 48.7 Å². The zero-order valence-electron chi connectivity index (χ0n) is 16.8. The average molecular weight is 398 g/mol. The Morgan fingerprint density at radius 2 is 1.89 bits per heavy atom. The van der Waals surface area contributed by atoms with Gasteiger partial charge in [-0.3, -0.25) is 4.79 Å². The first kappa shape index (κ1) is 20.5. The van der Waals surface area contributed by atoms with Crippen molar-refractivity contribution in [1.29, 1.82) is 0 Å².